The van der Waals surface area contributed by atoms with Gasteiger partial charge in [-0.2, -0.15) is 13.2 Å². The number of aryl methyl sites for hydroxylation is 1. The van der Waals surface area contributed by atoms with Gasteiger partial charge < -0.3 is 24.8 Å². The SMILES string of the molecule is Cc1nnc(SCC2CC(c3ccc(CO)cc3)OC(c3ccc(-c4ccccc4CNC(=O)C4CCCN4C(=O)C(F)(F)F)cc3)O2)s1. The zero-order chi connectivity index (χ0) is 34.5. The number of hydrogen-bond acceptors (Lipinski definition) is 9. The van der Waals surface area contributed by atoms with E-state index in [-0.39, 0.29) is 38.3 Å². The van der Waals surface area contributed by atoms with Crippen molar-refractivity contribution >= 4 is 34.9 Å². The number of aliphatic hydroxyl groups is 1. The summed E-state index contributed by atoms with van der Waals surface area (Å²) in [5, 5.41) is 21.5. The number of likely N-dealkylation sites (tertiary alicyclic amines) is 1. The van der Waals surface area contributed by atoms with E-state index in [1.807, 2.05) is 79.7 Å². The fourth-order valence-corrected chi connectivity index (χ4v) is 7.90. The van der Waals surface area contributed by atoms with Gasteiger partial charge in [0.1, 0.15) is 11.0 Å². The molecule has 0 saturated carbocycles. The van der Waals surface area contributed by atoms with E-state index in [2.05, 4.69) is 15.5 Å². The predicted octanol–water partition coefficient (Wildman–Crippen LogP) is 6.51. The summed E-state index contributed by atoms with van der Waals surface area (Å²) in [4.78, 5) is 25.4. The number of nitrogens with zero attached hydrogens (tertiary/aromatic N) is 3. The van der Waals surface area contributed by atoms with Crippen LogP contribution in [0.2, 0.25) is 0 Å². The van der Waals surface area contributed by atoms with Crippen LogP contribution in [0.1, 0.15) is 58.9 Å². The maximum atomic E-state index is 13.1. The van der Waals surface area contributed by atoms with Gasteiger partial charge in [-0.15, -0.1) is 10.2 Å². The lowest BCUT2D eigenvalue weighted by Crippen LogP contribution is -2.50. The minimum absolute atomic E-state index is 0.0397. The number of carbonyl (C=O) groups is 2. The first-order chi connectivity index (χ1) is 23.6. The van der Waals surface area contributed by atoms with Crippen LogP contribution in [0.4, 0.5) is 13.2 Å². The highest BCUT2D eigenvalue weighted by molar-refractivity contribution is 8.01. The first-order valence-electron chi connectivity index (χ1n) is 15.9. The van der Waals surface area contributed by atoms with Crippen molar-refractivity contribution in [2.45, 2.75) is 74.4 Å². The summed E-state index contributed by atoms with van der Waals surface area (Å²) in [5.41, 5.74) is 5.12. The van der Waals surface area contributed by atoms with Crippen LogP contribution in [-0.2, 0) is 32.2 Å². The number of nitrogens with one attached hydrogen (secondary N) is 1. The number of alkyl halides is 3. The van der Waals surface area contributed by atoms with Crippen molar-refractivity contribution in [2.24, 2.45) is 0 Å². The maximum absolute atomic E-state index is 13.1. The van der Waals surface area contributed by atoms with Crippen LogP contribution in [0.15, 0.2) is 77.1 Å². The number of halogens is 3. The standard InChI is InChI=1S/C35H35F3N4O5S2/c1-21-40-41-34(49-21)48-20-27-17-30(24-10-8-22(19-43)9-11-24)47-32(46-27)25-14-12-23(13-15-25)28-6-3-2-5-26(28)18-39-31(44)29-7-4-16-42(29)33(45)35(36,37)38/h2-3,5-6,8-15,27,29-30,32,43H,4,7,16-20H2,1H3,(H,39,44). The molecular weight excluding hydrogens is 678 g/mol. The molecule has 0 bridgehead atoms. The fourth-order valence-electron chi connectivity index (χ4n) is 6.04. The van der Waals surface area contributed by atoms with Crippen molar-refractivity contribution in [3.8, 4) is 11.1 Å². The molecule has 2 aliphatic heterocycles. The molecule has 0 aliphatic carbocycles. The van der Waals surface area contributed by atoms with E-state index >= 15 is 0 Å². The minimum atomic E-state index is -5.03. The number of thioether (sulfide) groups is 1. The molecule has 49 heavy (non-hydrogen) atoms. The largest absolute Gasteiger partial charge is 0.471 e. The number of aromatic nitrogens is 2. The molecule has 3 aromatic carbocycles. The van der Waals surface area contributed by atoms with E-state index < -0.39 is 30.3 Å². The van der Waals surface area contributed by atoms with E-state index in [0.717, 1.165) is 42.7 Å². The molecule has 2 saturated heterocycles. The van der Waals surface area contributed by atoms with Gasteiger partial charge in [0, 0.05) is 30.8 Å². The fraction of sp³-hybridized carbons (Fsp3) is 0.371. The molecule has 1 aromatic heterocycles. The highest BCUT2D eigenvalue weighted by Crippen LogP contribution is 2.40. The van der Waals surface area contributed by atoms with Gasteiger partial charge in [0.15, 0.2) is 10.6 Å². The van der Waals surface area contributed by atoms with Gasteiger partial charge in [-0.25, -0.2) is 0 Å². The molecule has 0 radical (unpaired) electrons. The van der Waals surface area contributed by atoms with E-state index in [0.29, 0.717) is 23.5 Å². The van der Waals surface area contributed by atoms with E-state index in [1.165, 1.54) is 11.3 Å². The lowest BCUT2D eigenvalue weighted by molar-refractivity contribution is -0.245. The second-order valence-electron chi connectivity index (χ2n) is 11.9. The molecule has 9 nitrogen and oxygen atoms in total. The normalized spacial score (nSPS) is 21.1. The Kier molecular flexibility index (Phi) is 11.0. The van der Waals surface area contributed by atoms with E-state index in [1.54, 1.807) is 11.8 Å². The molecule has 258 valence electrons. The molecule has 0 spiro atoms. The third-order valence-corrected chi connectivity index (χ3v) is 10.6. The Morgan fingerprint density at radius 2 is 1.76 bits per heavy atom. The molecule has 2 N–H and O–H groups in total. The Balaban J connectivity index is 1.15. The summed E-state index contributed by atoms with van der Waals surface area (Å²) in [5.74, 6) is -1.93. The van der Waals surface area contributed by atoms with Crippen molar-refractivity contribution in [2.75, 3.05) is 12.3 Å². The molecule has 3 heterocycles. The van der Waals surface area contributed by atoms with Gasteiger partial charge in [0.05, 0.1) is 18.8 Å². The third kappa shape index (κ3) is 8.50. The van der Waals surface area contributed by atoms with Crippen molar-refractivity contribution in [1.29, 1.82) is 0 Å². The highest BCUT2D eigenvalue weighted by Gasteiger charge is 2.47. The van der Waals surface area contributed by atoms with Crippen LogP contribution in [0.5, 0.6) is 0 Å². The average molecular weight is 713 g/mol. The summed E-state index contributed by atoms with van der Waals surface area (Å²) in [6.45, 7) is 1.86. The zero-order valence-corrected chi connectivity index (χ0v) is 28.2. The molecule has 14 heteroatoms. The van der Waals surface area contributed by atoms with Crippen LogP contribution in [0.25, 0.3) is 11.1 Å². The molecule has 4 unspecified atom stereocenters. The van der Waals surface area contributed by atoms with Crippen LogP contribution in [-0.4, -0.2) is 62.6 Å². The Hall–Kier alpha value is -3.82. The number of ether oxygens (including phenoxy) is 2. The maximum Gasteiger partial charge on any atom is 0.471 e. The Morgan fingerprint density at radius 1 is 1.02 bits per heavy atom. The number of rotatable bonds is 10. The smallest absolute Gasteiger partial charge is 0.392 e. The second kappa shape index (κ2) is 15.4. The number of hydrogen-bond donors (Lipinski definition) is 2. The first-order valence-corrected chi connectivity index (χ1v) is 17.7. The summed E-state index contributed by atoms with van der Waals surface area (Å²) >= 11 is 3.14. The van der Waals surface area contributed by atoms with Crippen molar-refractivity contribution in [1.82, 2.24) is 20.4 Å². The second-order valence-corrected chi connectivity index (χ2v) is 14.3. The average Bonchev–Trinajstić information content (AvgIpc) is 3.78. The van der Waals surface area contributed by atoms with Crippen LogP contribution < -0.4 is 5.32 Å². The number of benzene rings is 3. The molecule has 4 aromatic rings. The molecular formula is C35H35F3N4O5S2. The van der Waals surface area contributed by atoms with Gasteiger partial charge >= 0.3 is 12.1 Å². The predicted molar refractivity (Wildman–Crippen MR) is 178 cm³/mol. The van der Waals surface area contributed by atoms with Crippen LogP contribution in [0.3, 0.4) is 0 Å². The summed E-state index contributed by atoms with van der Waals surface area (Å²) in [6.07, 6.45) is -4.90. The Morgan fingerprint density at radius 3 is 2.45 bits per heavy atom. The summed E-state index contributed by atoms with van der Waals surface area (Å²) in [7, 11) is 0. The summed E-state index contributed by atoms with van der Waals surface area (Å²) < 4.78 is 53.0. The molecule has 2 aliphatic rings. The van der Waals surface area contributed by atoms with E-state index in [4.69, 9.17) is 9.47 Å². The van der Waals surface area contributed by atoms with Crippen LogP contribution >= 0.6 is 23.1 Å². The molecule has 6 rings (SSSR count). The molecule has 2 amide bonds. The topological polar surface area (TPSA) is 114 Å². The van der Waals surface area contributed by atoms with Crippen molar-refractivity contribution < 1.29 is 37.3 Å². The summed E-state index contributed by atoms with van der Waals surface area (Å²) in [6, 6.07) is 21.8. The Bertz CT molecular complexity index is 1750. The number of aliphatic hydroxyl groups excluding tert-OH is 1. The van der Waals surface area contributed by atoms with Gasteiger partial charge in [-0.1, -0.05) is 95.9 Å². The monoisotopic (exact) mass is 712 g/mol. The van der Waals surface area contributed by atoms with Crippen molar-refractivity contribution in [3.63, 3.8) is 0 Å². The third-order valence-electron chi connectivity index (χ3n) is 8.54. The quantitative estimate of drug-likeness (QED) is 0.179. The van der Waals surface area contributed by atoms with Gasteiger partial charge in [-0.05, 0) is 47.6 Å². The van der Waals surface area contributed by atoms with Crippen molar-refractivity contribution in [3.05, 3.63) is 100 Å². The van der Waals surface area contributed by atoms with Gasteiger partial charge in [0.2, 0.25) is 5.91 Å². The van der Waals surface area contributed by atoms with E-state index in [9.17, 15) is 27.9 Å². The molecule has 4 atom stereocenters. The first kappa shape index (κ1) is 35.0. The Labute approximate surface area is 289 Å². The lowest BCUT2D eigenvalue weighted by atomic mass is 9.97. The van der Waals surface area contributed by atoms with Crippen LogP contribution in [0, 0.1) is 6.92 Å². The highest BCUT2D eigenvalue weighted by atomic mass is 32.2. The minimum Gasteiger partial charge on any atom is -0.392 e. The van der Waals surface area contributed by atoms with Gasteiger partial charge in [-0.3, -0.25) is 9.59 Å². The number of amides is 2. The zero-order valence-electron chi connectivity index (χ0n) is 26.6. The molecule has 2 fully saturated rings. The lowest BCUT2D eigenvalue weighted by Gasteiger charge is -2.36. The number of carbonyl (C=O) groups excluding carboxylic acids is 2. The van der Waals surface area contributed by atoms with Gasteiger partial charge in [0.25, 0.3) is 0 Å².